The van der Waals surface area contributed by atoms with E-state index in [9.17, 15) is 9.59 Å². The predicted molar refractivity (Wildman–Crippen MR) is 112 cm³/mol. The summed E-state index contributed by atoms with van der Waals surface area (Å²) in [5.74, 6) is 1.10. The average Bonchev–Trinajstić information content (AvgIpc) is 3.07. The Morgan fingerprint density at radius 1 is 1.39 bits per heavy atom. The van der Waals surface area contributed by atoms with E-state index in [0.717, 1.165) is 17.0 Å². The number of fused-ring (bicyclic) bond motifs is 1. The summed E-state index contributed by atoms with van der Waals surface area (Å²) in [6, 6.07) is 5.19. The molecule has 0 bridgehead atoms. The van der Waals surface area contributed by atoms with Crippen LogP contribution in [0.4, 0.5) is 5.69 Å². The second kappa shape index (κ2) is 8.91. The molecule has 1 atom stereocenters. The normalized spacial score (nSPS) is 15.2. The van der Waals surface area contributed by atoms with E-state index < -0.39 is 0 Å². The lowest BCUT2D eigenvalue weighted by molar-refractivity contribution is -0.113. The number of hydrogen-bond donors (Lipinski definition) is 1. The summed E-state index contributed by atoms with van der Waals surface area (Å²) in [6.45, 7) is 4.51. The molecule has 150 valence electrons. The smallest absolute Gasteiger partial charge is 0.268 e. The molecule has 2 aromatic rings. The Balaban J connectivity index is 1.73. The number of carbonyl (C=O) groups is 1. The highest BCUT2D eigenvalue weighted by atomic mass is 32.2. The lowest BCUT2D eigenvalue weighted by Crippen LogP contribution is -2.25. The number of hydrogen-bond acceptors (Lipinski definition) is 7. The Hall–Kier alpha value is -2.13. The Kier molecular flexibility index (Phi) is 6.56. The first-order valence-electron chi connectivity index (χ1n) is 8.91. The van der Waals surface area contributed by atoms with Gasteiger partial charge in [0, 0.05) is 24.3 Å². The van der Waals surface area contributed by atoms with Gasteiger partial charge < -0.3 is 14.8 Å². The molecule has 1 amide bonds. The van der Waals surface area contributed by atoms with Crippen LogP contribution in [-0.4, -0.2) is 40.7 Å². The third-order valence-corrected chi connectivity index (χ3v) is 6.49. The van der Waals surface area contributed by atoms with Crippen molar-refractivity contribution in [2.75, 3.05) is 25.3 Å². The summed E-state index contributed by atoms with van der Waals surface area (Å²) >= 11 is 2.85. The molecule has 1 aliphatic rings. The Bertz CT molecular complexity index is 946. The molecule has 0 radical (unpaired) electrons. The van der Waals surface area contributed by atoms with Crippen molar-refractivity contribution in [3.63, 3.8) is 0 Å². The van der Waals surface area contributed by atoms with Gasteiger partial charge in [-0.05, 0) is 19.1 Å². The number of ether oxygens (including phenoxy) is 2. The number of nitrogens with zero attached hydrogens (tertiary/aromatic N) is 2. The Morgan fingerprint density at radius 2 is 2.18 bits per heavy atom. The number of thioether (sulfide) groups is 2. The van der Waals surface area contributed by atoms with Crippen molar-refractivity contribution in [3.05, 3.63) is 34.2 Å². The van der Waals surface area contributed by atoms with Crippen molar-refractivity contribution in [1.82, 2.24) is 9.55 Å². The van der Waals surface area contributed by atoms with Gasteiger partial charge in [-0.25, -0.2) is 4.98 Å². The molecule has 1 aliphatic heterocycles. The van der Waals surface area contributed by atoms with Crippen molar-refractivity contribution >= 4 is 35.1 Å². The number of nitrogens with one attached hydrogen (secondary N) is 1. The second-order valence-electron chi connectivity index (χ2n) is 6.26. The van der Waals surface area contributed by atoms with Gasteiger partial charge in [-0.2, -0.15) is 0 Å². The van der Waals surface area contributed by atoms with Gasteiger partial charge in [0.2, 0.25) is 5.91 Å². The van der Waals surface area contributed by atoms with Crippen molar-refractivity contribution in [3.8, 4) is 11.5 Å². The zero-order valence-corrected chi connectivity index (χ0v) is 17.9. The molecule has 0 saturated heterocycles. The van der Waals surface area contributed by atoms with E-state index in [1.807, 2.05) is 6.92 Å². The fraction of sp³-hybridized carbons (Fsp3) is 0.421. The molecule has 0 aliphatic carbocycles. The first-order chi connectivity index (χ1) is 13.5. The van der Waals surface area contributed by atoms with Gasteiger partial charge in [0.15, 0.2) is 5.16 Å². The standard InChI is InChI=1S/C19H23N3O4S2/c1-5-22-18(24)17-14(8-11(2)28-17)21-19(22)27-10-16(23)20-13-7-6-12(25-3)9-15(13)26-4/h6-7,9,11H,5,8,10H2,1-4H3,(H,20,23)/t11-/m1/s1. The molecule has 0 unspecified atom stereocenters. The van der Waals surface area contributed by atoms with Crippen molar-refractivity contribution < 1.29 is 14.3 Å². The lowest BCUT2D eigenvalue weighted by atomic mass is 10.2. The highest BCUT2D eigenvalue weighted by Crippen LogP contribution is 2.34. The summed E-state index contributed by atoms with van der Waals surface area (Å²) < 4.78 is 12.1. The van der Waals surface area contributed by atoms with Gasteiger partial charge in [0.1, 0.15) is 11.5 Å². The minimum atomic E-state index is -0.200. The number of benzene rings is 1. The largest absolute Gasteiger partial charge is 0.497 e. The van der Waals surface area contributed by atoms with Gasteiger partial charge in [0.05, 0.1) is 36.2 Å². The molecule has 1 aromatic carbocycles. The van der Waals surface area contributed by atoms with E-state index in [0.29, 0.717) is 34.1 Å². The summed E-state index contributed by atoms with van der Waals surface area (Å²) in [4.78, 5) is 30.5. The predicted octanol–water partition coefficient (Wildman–Crippen LogP) is 3.05. The highest BCUT2D eigenvalue weighted by molar-refractivity contribution is 8.00. The molecule has 7 nitrogen and oxygen atoms in total. The SMILES string of the molecule is CCn1c(SCC(=O)Nc2ccc(OC)cc2OC)nc2c(c1=O)S[C@H](C)C2. The van der Waals surface area contributed by atoms with Crippen LogP contribution in [0.5, 0.6) is 11.5 Å². The second-order valence-corrected chi connectivity index (χ2v) is 8.65. The third-order valence-electron chi connectivity index (χ3n) is 4.29. The minimum Gasteiger partial charge on any atom is -0.497 e. The monoisotopic (exact) mass is 421 g/mol. The Labute approximate surface area is 172 Å². The van der Waals surface area contributed by atoms with E-state index >= 15 is 0 Å². The van der Waals surface area contributed by atoms with Crippen LogP contribution in [0.3, 0.4) is 0 Å². The van der Waals surface area contributed by atoms with Crippen LogP contribution in [-0.2, 0) is 17.8 Å². The molecule has 3 rings (SSSR count). The van der Waals surface area contributed by atoms with Gasteiger partial charge >= 0.3 is 0 Å². The lowest BCUT2D eigenvalue weighted by Gasteiger charge is -2.13. The van der Waals surface area contributed by atoms with Crippen LogP contribution in [0.2, 0.25) is 0 Å². The molecular formula is C19H23N3O4S2. The third kappa shape index (κ3) is 4.30. The molecule has 0 saturated carbocycles. The number of aromatic nitrogens is 2. The zero-order valence-electron chi connectivity index (χ0n) is 16.3. The molecule has 28 heavy (non-hydrogen) atoms. The number of amides is 1. The molecule has 0 spiro atoms. The van der Waals surface area contributed by atoms with Crippen LogP contribution in [0.1, 0.15) is 19.5 Å². The minimum absolute atomic E-state index is 0.0124. The molecule has 9 heteroatoms. The highest BCUT2D eigenvalue weighted by Gasteiger charge is 2.26. The molecule has 1 aromatic heterocycles. The summed E-state index contributed by atoms with van der Waals surface area (Å²) in [5.41, 5.74) is 1.39. The van der Waals surface area contributed by atoms with E-state index in [-0.39, 0.29) is 17.2 Å². The van der Waals surface area contributed by atoms with Crippen LogP contribution < -0.4 is 20.3 Å². The maximum atomic E-state index is 12.7. The summed E-state index contributed by atoms with van der Waals surface area (Å²) in [5, 5.41) is 3.77. The fourth-order valence-corrected chi connectivity index (χ4v) is 4.93. The zero-order chi connectivity index (χ0) is 20.3. The van der Waals surface area contributed by atoms with E-state index in [4.69, 9.17) is 9.47 Å². The number of anilines is 1. The van der Waals surface area contributed by atoms with Crippen molar-refractivity contribution in [1.29, 1.82) is 0 Å². The van der Waals surface area contributed by atoms with Crippen molar-refractivity contribution in [2.24, 2.45) is 0 Å². The maximum absolute atomic E-state index is 12.7. The molecule has 1 N–H and O–H groups in total. The van der Waals surface area contributed by atoms with Crippen LogP contribution >= 0.6 is 23.5 Å². The number of methoxy groups -OCH3 is 2. The Morgan fingerprint density at radius 3 is 2.86 bits per heavy atom. The van der Waals surface area contributed by atoms with Gasteiger partial charge in [-0.15, -0.1) is 11.8 Å². The summed E-state index contributed by atoms with van der Waals surface area (Å²) in [6.07, 6.45) is 0.780. The number of rotatable bonds is 7. The first kappa shape index (κ1) is 20.6. The molecule has 0 fully saturated rings. The summed E-state index contributed by atoms with van der Waals surface area (Å²) in [7, 11) is 3.10. The van der Waals surface area contributed by atoms with Gasteiger partial charge in [-0.3, -0.25) is 14.2 Å². The van der Waals surface area contributed by atoms with Gasteiger partial charge in [-0.1, -0.05) is 18.7 Å². The van der Waals surface area contributed by atoms with E-state index in [1.165, 1.54) is 18.9 Å². The van der Waals surface area contributed by atoms with Crippen LogP contribution in [0.15, 0.2) is 33.0 Å². The molecule has 2 heterocycles. The number of carbonyl (C=O) groups excluding carboxylic acids is 1. The van der Waals surface area contributed by atoms with Crippen LogP contribution in [0.25, 0.3) is 0 Å². The first-order valence-corrected chi connectivity index (χ1v) is 10.8. The maximum Gasteiger partial charge on any atom is 0.268 e. The van der Waals surface area contributed by atoms with Gasteiger partial charge in [0.25, 0.3) is 5.56 Å². The van der Waals surface area contributed by atoms with Crippen LogP contribution in [0, 0.1) is 0 Å². The fourth-order valence-electron chi connectivity index (χ4n) is 2.94. The van der Waals surface area contributed by atoms with E-state index in [1.54, 1.807) is 41.6 Å². The topological polar surface area (TPSA) is 82.5 Å². The quantitative estimate of drug-likeness (QED) is 0.543. The van der Waals surface area contributed by atoms with Crippen molar-refractivity contribution in [2.45, 2.75) is 42.1 Å². The average molecular weight is 422 g/mol. The molecular weight excluding hydrogens is 398 g/mol. The van der Waals surface area contributed by atoms with E-state index in [2.05, 4.69) is 17.2 Å².